The number of hydrogen-bond acceptors (Lipinski definition) is 0. The minimum atomic E-state index is -0.163. The number of hydrogen-bond donors (Lipinski definition) is 0. The molecule has 15 heavy (non-hydrogen) atoms. The molecule has 0 aromatic heterocycles. The molecule has 1 saturated carbocycles. The van der Waals surface area contributed by atoms with Crippen LogP contribution >= 0.6 is 0 Å². The van der Waals surface area contributed by atoms with E-state index >= 15 is 0 Å². The highest BCUT2D eigenvalue weighted by molar-refractivity contribution is 5.36. The topological polar surface area (TPSA) is 0 Å². The number of benzene rings is 1. The maximum Gasteiger partial charge on any atom is 0.123 e. The fraction of sp³-hybridized carbons (Fsp3) is 0.429. The van der Waals surface area contributed by atoms with Gasteiger partial charge < -0.3 is 0 Å². The molecule has 1 aliphatic rings. The highest BCUT2D eigenvalue weighted by Crippen LogP contribution is 2.66. The lowest BCUT2D eigenvalue weighted by atomic mass is 10.0. The van der Waals surface area contributed by atoms with Crippen LogP contribution < -0.4 is 0 Å². The summed E-state index contributed by atoms with van der Waals surface area (Å²) in [7, 11) is 0. The van der Waals surface area contributed by atoms with Crippen LogP contribution in [0.1, 0.15) is 32.3 Å². The predicted octanol–water partition coefficient (Wildman–Crippen LogP) is 4.14. The lowest BCUT2D eigenvalue weighted by Crippen LogP contribution is -1.90. The smallest absolute Gasteiger partial charge is 0.123 e. The van der Waals surface area contributed by atoms with Gasteiger partial charge >= 0.3 is 0 Å². The Balaban J connectivity index is 2.27. The van der Waals surface area contributed by atoms with Gasteiger partial charge in [-0.3, -0.25) is 0 Å². The van der Waals surface area contributed by atoms with Crippen molar-refractivity contribution in [3.63, 3.8) is 0 Å². The van der Waals surface area contributed by atoms with Crippen LogP contribution in [0, 0.1) is 17.2 Å². The van der Waals surface area contributed by atoms with Crippen LogP contribution in [0.25, 0.3) is 0 Å². The van der Waals surface area contributed by atoms with Crippen molar-refractivity contribution in [3.8, 4) is 0 Å². The van der Waals surface area contributed by atoms with Gasteiger partial charge in [-0.2, -0.15) is 0 Å². The molecule has 1 aromatic carbocycles. The standard InChI is InChI=1S/C14H17F/c1-9(2)12-13(14(12,3)4)10-5-7-11(15)8-6-10/h5-8,12-13H,1H2,2-4H3. The number of rotatable bonds is 2. The summed E-state index contributed by atoms with van der Waals surface area (Å²) in [5.74, 6) is 0.891. The number of halogens is 1. The van der Waals surface area contributed by atoms with E-state index in [-0.39, 0.29) is 11.2 Å². The lowest BCUT2D eigenvalue weighted by Gasteiger charge is -2.02. The van der Waals surface area contributed by atoms with E-state index in [2.05, 4.69) is 27.4 Å². The van der Waals surface area contributed by atoms with Crippen molar-refractivity contribution in [1.29, 1.82) is 0 Å². The van der Waals surface area contributed by atoms with Crippen molar-refractivity contribution in [2.45, 2.75) is 26.7 Å². The van der Waals surface area contributed by atoms with E-state index in [1.54, 1.807) is 12.1 Å². The maximum atomic E-state index is 12.8. The van der Waals surface area contributed by atoms with Gasteiger partial charge in [-0.25, -0.2) is 4.39 Å². The maximum absolute atomic E-state index is 12.8. The van der Waals surface area contributed by atoms with Crippen LogP contribution in [0.3, 0.4) is 0 Å². The molecule has 0 bridgehead atoms. The highest BCUT2D eigenvalue weighted by Gasteiger charge is 2.58. The van der Waals surface area contributed by atoms with E-state index in [0.717, 1.165) is 0 Å². The predicted molar refractivity (Wildman–Crippen MR) is 61.2 cm³/mol. The van der Waals surface area contributed by atoms with Crippen molar-refractivity contribution in [3.05, 3.63) is 47.8 Å². The van der Waals surface area contributed by atoms with Crippen LogP contribution in [-0.2, 0) is 0 Å². The zero-order chi connectivity index (χ0) is 11.2. The first-order valence-corrected chi connectivity index (χ1v) is 5.35. The first kappa shape index (κ1) is 10.4. The van der Waals surface area contributed by atoms with Gasteiger partial charge in [-0.15, -0.1) is 0 Å². The first-order valence-electron chi connectivity index (χ1n) is 5.35. The van der Waals surface area contributed by atoms with Gasteiger partial charge in [0.25, 0.3) is 0 Å². The molecule has 0 nitrogen and oxygen atoms in total. The third-order valence-corrected chi connectivity index (χ3v) is 3.59. The van der Waals surface area contributed by atoms with Crippen LogP contribution in [0.5, 0.6) is 0 Å². The van der Waals surface area contributed by atoms with Crippen molar-refractivity contribution < 1.29 is 4.39 Å². The number of allylic oxidation sites excluding steroid dienone is 1. The summed E-state index contributed by atoms with van der Waals surface area (Å²) in [5, 5.41) is 0. The summed E-state index contributed by atoms with van der Waals surface area (Å²) in [6, 6.07) is 6.87. The molecule has 0 amide bonds. The van der Waals surface area contributed by atoms with Crippen LogP contribution in [0.4, 0.5) is 4.39 Å². The summed E-state index contributed by atoms with van der Waals surface area (Å²) in [6.07, 6.45) is 0. The van der Waals surface area contributed by atoms with Gasteiger partial charge in [0, 0.05) is 0 Å². The Morgan fingerprint density at radius 3 is 2.20 bits per heavy atom. The molecule has 0 heterocycles. The van der Waals surface area contributed by atoms with Crippen molar-refractivity contribution in [2.24, 2.45) is 11.3 Å². The van der Waals surface area contributed by atoms with Gasteiger partial charge in [0.1, 0.15) is 5.82 Å². The summed E-state index contributed by atoms with van der Waals surface area (Å²) in [5.41, 5.74) is 2.74. The molecule has 0 aliphatic heterocycles. The SMILES string of the molecule is C=C(C)C1C(c2ccc(F)cc2)C1(C)C. The van der Waals surface area contributed by atoms with E-state index in [4.69, 9.17) is 0 Å². The monoisotopic (exact) mass is 204 g/mol. The summed E-state index contributed by atoms with van der Waals surface area (Å²) < 4.78 is 12.8. The third kappa shape index (κ3) is 1.60. The average Bonchev–Trinajstić information content (AvgIpc) is 2.70. The molecule has 2 rings (SSSR count). The molecular formula is C14H17F. The second kappa shape index (κ2) is 3.19. The van der Waals surface area contributed by atoms with Crippen molar-refractivity contribution in [1.82, 2.24) is 0 Å². The van der Waals surface area contributed by atoms with Crippen molar-refractivity contribution in [2.75, 3.05) is 0 Å². The van der Waals surface area contributed by atoms with Gasteiger partial charge in [0.15, 0.2) is 0 Å². The largest absolute Gasteiger partial charge is 0.207 e. The van der Waals surface area contributed by atoms with Crippen molar-refractivity contribution >= 4 is 0 Å². The Morgan fingerprint density at radius 1 is 1.27 bits per heavy atom. The molecule has 80 valence electrons. The molecule has 1 aromatic rings. The highest BCUT2D eigenvalue weighted by atomic mass is 19.1. The first-order chi connectivity index (χ1) is 6.94. The molecule has 1 heteroatoms. The molecule has 2 unspecified atom stereocenters. The second-order valence-corrected chi connectivity index (χ2v) is 5.17. The fourth-order valence-electron chi connectivity index (χ4n) is 2.85. The van der Waals surface area contributed by atoms with E-state index in [1.165, 1.54) is 11.1 Å². The Morgan fingerprint density at radius 2 is 1.80 bits per heavy atom. The molecule has 1 aliphatic carbocycles. The Labute approximate surface area is 90.8 Å². The van der Waals surface area contributed by atoms with E-state index in [1.807, 2.05) is 12.1 Å². The van der Waals surface area contributed by atoms with Gasteiger partial charge in [0.05, 0.1) is 0 Å². The van der Waals surface area contributed by atoms with Crippen LogP contribution in [-0.4, -0.2) is 0 Å². The minimum Gasteiger partial charge on any atom is -0.207 e. The van der Waals surface area contributed by atoms with E-state index < -0.39 is 0 Å². The van der Waals surface area contributed by atoms with Gasteiger partial charge in [0.2, 0.25) is 0 Å². The second-order valence-electron chi connectivity index (χ2n) is 5.17. The Kier molecular flexibility index (Phi) is 2.22. The molecule has 0 spiro atoms. The quantitative estimate of drug-likeness (QED) is 0.635. The Hall–Kier alpha value is -1.11. The zero-order valence-corrected chi connectivity index (χ0v) is 9.55. The van der Waals surface area contributed by atoms with Gasteiger partial charge in [-0.1, -0.05) is 38.1 Å². The lowest BCUT2D eigenvalue weighted by molar-refractivity contribution is 0.583. The zero-order valence-electron chi connectivity index (χ0n) is 9.55. The molecule has 2 atom stereocenters. The molecule has 0 saturated heterocycles. The molecule has 0 radical (unpaired) electrons. The Bertz CT molecular complexity index is 386. The fourth-order valence-corrected chi connectivity index (χ4v) is 2.85. The van der Waals surface area contributed by atoms with E-state index in [0.29, 0.717) is 11.8 Å². The molecular weight excluding hydrogens is 187 g/mol. The average molecular weight is 204 g/mol. The summed E-state index contributed by atoms with van der Waals surface area (Å²) >= 11 is 0. The molecule has 0 N–H and O–H groups in total. The normalized spacial score (nSPS) is 27.5. The molecule has 1 fully saturated rings. The minimum absolute atomic E-state index is 0.163. The summed E-state index contributed by atoms with van der Waals surface area (Å²) in [4.78, 5) is 0. The summed E-state index contributed by atoms with van der Waals surface area (Å²) in [6.45, 7) is 10.6. The van der Waals surface area contributed by atoms with E-state index in [9.17, 15) is 4.39 Å². The van der Waals surface area contributed by atoms with Crippen LogP contribution in [0.2, 0.25) is 0 Å². The van der Waals surface area contributed by atoms with Crippen LogP contribution in [0.15, 0.2) is 36.4 Å². The van der Waals surface area contributed by atoms with Gasteiger partial charge in [-0.05, 0) is 41.9 Å². The third-order valence-electron chi connectivity index (χ3n) is 3.59.